The molecule has 5 nitrogen and oxygen atoms in total. The SMILES string of the molecule is CCNC(=NCCc1cn2cccc(C)c2n1)NC1CC1C. The molecule has 2 aromatic rings. The molecular weight excluding hydrogens is 274 g/mol. The van der Waals surface area contributed by atoms with Crippen molar-refractivity contribution in [2.24, 2.45) is 10.9 Å². The van der Waals surface area contributed by atoms with Gasteiger partial charge in [0.1, 0.15) is 5.65 Å². The lowest BCUT2D eigenvalue weighted by Crippen LogP contribution is -2.39. The van der Waals surface area contributed by atoms with Crippen molar-refractivity contribution in [3.8, 4) is 0 Å². The molecule has 22 heavy (non-hydrogen) atoms. The zero-order valence-electron chi connectivity index (χ0n) is 13.6. The standard InChI is InChI=1S/C17H25N5/c1-4-18-17(21-15-10-13(15)3)19-8-7-14-11-22-9-5-6-12(2)16(22)20-14/h5-6,9,11,13,15H,4,7-8,10H2,1-3H3,(H2,18,19,21). The monoisotopic (exact) mass is 299 g/mol. The summed E-state index contributed by atoms with van der Waals surface area (Å²) in [5.74, 6) is 1.70. The number of fused-ring (bicyclic) bond motifs is 1. The molecule has 0 bridgehead atoms. The molecule has 1 fully saturated rings. The van der Waals surface area contributed by atoms with Gasteiger partial charge in [0.25, 0.3) is 0 Å². The molecule has 5 heteroatoms. The maximum absolute atomic E-state index is 4.69. The van der Waals surface area contributed by atoms with Crippen molar-refractivity contribution in [3.63, 3.8) is 0 Å². The Kier molecular flexibility index (Phi) is 4.32. The summed E-state index contributed by atoms with van der Waals surface area (Å²) in [6, 6.07) is 4.74. The number of imidazole rings is 1. The highest BCUT2D eigenvalue weighted by Crippen LogP contribution is 2.28. The first kappa shape index (κ1) is 14.9. The zero-order chi connectivity index (χ0) is 15.5. The van der Waals surface area contributed by atoms with Gasteiger partial charge in [-0.15, -0.1) is 0 Å². The van der Waals surface area contributed by atoms with Gasteiger partial charge in [0, 0.05) is 37.9 Å². The lowest BCUT2D eigenvalue weighted by Gasteiger charge is -2.10. The summed E-state index contributed by atoms with van der Waals surface area (Å²) in [4.78, 5) is 9.35. The summed E-state index contributed by atoms with van der Waals surface area (Å²) in [6.07, 6.45) is 6.25. The highest BCUT2D eigenvalue weighted by atomic mass is 15.2. The normalized spacial score (nSPS) is 21.1. The third kappa shape index (κ3) is 3.40. The quantitative estimate of drug-likeness (QED) is 0.657. The molecule has 0 aliphatic heterocycles. The van der Waals surface area contributed by atoms with Crippen LogP contribution in [0.4, 0.5) is 0 Å². The van der Waals surface area contributed by atoms with Gasteiger partial charge in [-0.25, -0.2) is 4.98 Å². The summed E-state index contributed by atoms with van der Waals surface area (Å²) in [7, 11) is 0. The molecule has 2 heterocycles. The predicted octanol–water partition coefficient (Wildman–Crippen LogP) is 2.15. The first-order valence-corrected chi connectivity index (χ1v) is 8.15. The number of aromatic nitrogens is 2. The fraction of sp³-hybridized carbons (Fsp3) is 0.529. The topological polar surface area (TPSA) is 53.7 Å². The van der Waals surface area contributed by atoms with Crippen LogP contribution in [0, 0.1) is 12.8 Å². The summed E-state index contributed by atoms with van der Waals surface area (Å²) >= 11 is 0. The van der Waals surface area contributed by atoms with Gasteiger partial charge in [0.05, 0.1) is 5.69 Å². The molecule has 0 spiro atoms. The number of nitrogens with one attached hydrogen (secondary N) is 2. The minimum Gasteiger partial charge on any atom is -0.357 e. The number of guanidine groups is 1. The Bertz CT molecular complexity index is 673. The molecule has 0 saturated heterocycles. The fourth-order valence-corrected chi connectivity index (χ4v) is 2.63. The van der Waals surface area contributed by atoms with E-state index in [1.165, 1.54) is 12.0 Å². The van der Waals surface area contributed by atoms with Crippen LogP contribution < -0.4 is 10.6 Å². The van der Waals surface area contributed by atoms with Crippen molar-refractivity contribution >= 4 is 11.6 Å². The van der Waals surface area contributed by atoms with E-state index in [-0.39, 0.29) is 0 Å². The molecule has 2 unspecified atom stereocenters. The third-order valence-electron chi connectivity index (χ3n) is 4.14. The van der Waals surface area contributed by atoms with E-state index in [1.807, 2.05) is 6.20 Å². The van der Waals surface area contributed by atoms with Crippen molar-refractivity contribution in [2.75, 3.05) is 13.1 Å². The molecule has 3 rings (SSSR count). The fourth-order valence-electron chi connectivity index (χ4n) is 2.63. The average molecular weight is 299 g/mol. The van der Waals surface area contributed by atoms with Crippen LogP contribution in [0.2, 0.25) is 0 Å². The van der Waals surface area contributed by atoms with Gasteiger partial charge in [-0.3, -0.25) is 4.99 Å². The van der Waals surface area contributed by atoms with Crippen LogP contribution in [-0.4, -0.2) is 34.5 Å². The Morgan fingerprint density at radius 3 is 3.00 bits per heavy atom. The Hall–Kier alpha value is -2.04. The lowest BCUT2D eigenvalue weighted by molar-refractivity contribution is 0.764. The first-order chi connectivity index (χ1) is 10.7. The highest BCUT2D eigenvalue weighted by Gasteiger charge is 2.33. The van der Waals surface area contributed by atoms with Crippen LogP contribution in [0.15, 0.2) is 29.5 Å². The van der Waals surface area contributed by atoms with E-state index in [9.17, 15) is 0 Å². The molecule has 118 valence electrons. The Morgan fingerprint density at radius 1 is 1.50 bits per heavy atom. The molecular formula is C17H25N5. The van der Waals surface area contributed by atoms with Crippen molar-refractivity contribution in [3.05, 3.63) is 35.8 Å². The smallest absolute Gasteiger partial charge is 0.191 e. The largest absolute Gasteiger partial charge is 0.357 e. The van der Waals surface area contributed by atoms with Gasteiger partial charge in [0.15, 0.2) is 5.96 Å². The van der Waals surface area contributed by atoms with Gasteiger partial charge in [-0.2, -0.15) is 0 Å². The minimum atomic E-state index is 0.593. The molecule has 0 amide bonds. The van der Waals surface area contributed by atoms with Gasteiger partial charge in [-0.05, 0) is 37.8 Å². The van der Waals surface area contributed by atoms with Gasteiger partial charge >= 0.3 is 0 Å². The first-order valence-electron chi connectivity index (χ1n) is 8.15. The number of nitrogens with zero attached hydrogens (tertiary/aromatic N) is 3. The van der Waals surface area contributed by atoms with E-state index in [0.717, 1.165) is 42.7 Å². The maximum Gasteiger partial charge on any atom is 0.191 e. The molecule has 0 radical (unpaired) electrons. The van der Waals surface area contributed by atoms with Crippen molar-refractivity contribution in [1.82, 2.24) is 20.0 Å². The molecule has 2 aromatic heterocycles. The summed E-state index contributed by atoms with van der Waals surface area (Å²) < 4.78 is 2.09. The second-order valence-corrected chi connectivity index (χ2v) is 6.13. The summed E-state index contributed by atoms with van der Waals surface area (Å²) in [6.45, 7) is 8.09. The van der Waals surface area contributed by atoms with Crippen LogP contribution in [0.25, 0.3) is 5.65 Å². The molecule has 2 atom stereocenters. The number of pyridine rings is 1. The van der Waals surface area contributed by atoms with Crippen LogP contribution in [0.5, 0.6) is 0 Å². The van der Waals surface area contributed by atoms with Crippen LogP contribution in [0.1, 0.15) is 31.5 Å². The van der Waals surface area contributed by atoms with Gasteiger partial charge in [-0.1, -0.05) is 13.0 Å². The van der Waals surface area contributed by atoms with E-state index < -0.39 is 0 Å². The van der Waals surface area contributed by atoms with Crippen molar-refractivity contribution in [2.45, 2.75) is 39.7 Å². The molecule has 1 aliphatic carbocycles. The maximum atomic E-state index is 4.69. The van der Waals surface area contributed by atoms with Gasteiger partial charge < -0.3 is 15.0 Å². The Balaban J connectivity index is 1.61. The second-order valence-electron chi connectivity index (χ2n) is 6.13. The molecule has 1 saturated carbocycles. The lowest BCUT2D eigenvalue weighted by atomic mass is 10.3. The average Bonchev–Trinajstić information content (AvgIpc) is 3.00. The van der Waals surface area contributed by atoms with Crippen molar-refractivity contribution in [1.29, 1.82) is 0 Å². The predicted molar refractivity (Wildman–Crippen MR) is 90.3 cm³/mol. The van der Waals surface area contributed by atoms with Gasteiger partial charge in [0.2, 0.25) is 0 Å². The minimum absolute atomic E-state index is 0.593. The van der Waals surface area contributed by atoms with E-state index >= 15 is 0 Å². The molecule has 0 aromatic carbocycles. The van der Waals surface area contributed by atoms with Crippen LogP contribution >= 0.6 is 0 Å². The second kappa shape index (κ2) is 6.38. The third-order valence-corrected chi connectivity index (χ3v) is 4.14. The number of hydrogen-bond donors (Lipinski definition) is 2. The van der Waals surface area contributed by atoms with E-state index in [0.29, 0.717) is 6.04 Å². The number of rotatable bonds is 5. The number of hydrogen-bond acceptors (Lipinski definition) is 2. The zero-order valence-corrected chi connectivity index (χ0v) is 13.6. The Morgan fingerprint density at radius 2 is 2.32 bits per heavy atom. The van der Waals surface area contributed by atoms with E-state index in [4.69, 9.17) is 4.98 Å². The van der Waals surface area contributed by atoms with Crippen LogP contribution in [-0.2, 0) is 6.42 Å². The van der Waals surface area contributed by atoms with Crippen LogP contribution in [0.3, 0.4) is 0 Å². The van der Waals surface area contributed by atoms with Crippen molar-refractivity contribution < 1.29 is 0 Å². The summed E-state index contributed by atoms with van der Waals surface area (Å²) in [5, 5.41) is 6.79. The molecule has 1 aliphatic rings. The molecule has 2 N–H and O–H groups in total. The number of aryl methyl sites for hydroxylation is 1. The number of aliphatic imine (C=N–C) groups is 1. The van der Waals surface area contributed by atoms with E-state index in [1.54, 1.807) is 0 Å². The van der Waals surface area contributed by atoms with E-state index in [2.05, 4.69) is 59.1 Å². The summed E-state index contributed by atoms with van der Waals surface area (Å²) in [5.41, 5.74) is 3.34. The Labute approximate surface area is 131 Å². The highest BCUT2D eigenvalue weighted by molar-refractivity contribution is 5.80.